The molecule has 0 aliphatic heterocycles. The van der Waals surface area contributed by atoms with Crippen LogP contribution in [0.25, 0.3) is 11.1 Å². The Hall–Kier alpha value is -4.78. The molecule has 1 aliphatic rings. The van der Waals surface area contributed by atoms with Crippen molar-refractivity contribution < 1.29 is 23.9 Å². The van der Waals surface area contributed by atoms with Crippen LogP contribution in [-0.4, -0.2) is 34.3 Å². The summed E-state index contributed by atoms with van der Waals surface area (Å²) in [5.74, 6) is -2.02. The van der Waals surface area contributed by atoms with Gasteiger partial charge < -0.3 is 15.3 Å². The van der Waals surface area contributed by atoms with Gasteiger partial charge >= 0.3 is 5.97 Å². The third-order valence-corrected chi connectivity index (χ3v) is 7.23. The van der Waals surface area contributed by atoms with Gasteiger partial charge in [-0.1, -0.05) is 72.8 Å². The van der Waals surface area contributed by atoms with Gasteiger partial charge in [-0.3, -0.25) is 14.4 Å². The van der Waals surface area contributed by atoms with E-state index >= 15 is 0 Å². The summed E-state index contributed by atoms with van der Waals surface area (Å²) in [5.41, 5.74) is 5.01. The fourth-order valence-corrected chi connectivity index (χ4v) is 5.23. The van der Waals surface area contributed by atoms with E-state index in [0.29, 0.717) is 27.8 Å². The Morgan fingerprint density at radius 1 is 0.825 bits per heavy atom. The molecule has 2 amide bonds. The molecule has 0 radical (unpaired) electrons. The molecule has 1 aliphatic carbocycles. The molecule has 0 fully saturated rings. The second kappa shape index (κ2) is 11.9. The summed E-state index contributed by atoms with van der Waals surface area (Å²) >= 11 is 0. The largest absolute Gasteiger partial charge is 0.481 e. The Kier molecular flexibility index (Phi) is 8.01. The minimum Gasteiger partial charge on any atom is -0.481 e. The molecule has 0 bridgehead atoms. The zero-order valence-corrected chi connectivity index (χ0v) is 21.8. The zero-order chi connectivity index (χ0) is 28.1. The van der Waals surface area contributed by atoms with Crippen molar-refractivity contribution in [2.75, 3.05) is 6.54 Å². The lowest BCUT2D eigenvalue weighted by Crippen LogP contribution is -2.33. The number of aliphatic carboxylic acids is 1. The lowest BCUT2D eigenvalue weighted by Gasteiger charge is -2.24. The van der Waals surface area contributed by atoms with Gasteiger partial charge in [0.25, 0.3) is 11.8 Å². The normalized spacial score (nSPS) is 13.9. The van der Waals surface area contributed by atoms with Gasteiger partial charge in [-0.2, -0.15) is 0 Å². The minimum atomic E-state index is -1.03. The van der Waals surface area contributed by atoms with Gasteiger partial charge in [-0.25, -0.2) is 4.39 Å². The average Bonchev–Trinajstić information content (AvgIpc) is 3.38. The number of rotatable bonds is 9. The van der Waals surface area contributed by atoms with Crippen LogP contribution in [0.5, 0.6) is 0 Å². The number of hydrogen-bond acceptors (Lipinski definition) is 3. The Morgan fingerprint density at radius 3 is 2.17 bits per heavy atom. The van der Waals surface area contributed by atoms with Crippen LogP contribution < -0.4 is 5.32 Å². The van der Waals surface area contributed by atoms with Gasteiger partial charge in [0.15, 0.2) is 0 Å². The number of aryl methyl sites for hydroxylation is 1. The molecule has 40 heavy (non-hydrogen) atoms. The molecule has 7 heteroatoms. The molecular weight excluding hydrogens is 507 g/mol. The first-order valence-corrected chi connectivity index (χ1v) is 13.2. The van der Waals surface area contributed by atoms with Crippen LogP contribution in [0.3, 0.4) is 0 Å². The number of nitrogens with one attached hydrogen (secondary N) is 1. The quantitative estimate of drug-likeness (QED) is 0.274. The number of fused-ring (bicyclic) bond motifs is 1. The molecule has 2 N–H and O–H groups in total. The maximum absolute atomic E-state index is 13.9. The molecule has 0 spiro atoms. The zero-order valence-electron chi connectivity index (χ0n) is 21.8. The second-order valence-electron chi connectivity index (χ2n) is 9.85. The molecule has 5 rings (SSSR count). The maximum Gasteiger partial charge on any atom is 0.305 e. The highest BCUT2D eigenvalue weighted by Crippen LogP contribution is 2.33. The number of hydrogen-bond donors (Lipinski definition) is 2. The van der Waals surface area contributed by atoms with Crippen molar-refractivity contribution in [1.82, 2.24) is 10.2 Å². The third kappa shape index (κ3) is 5.94. The number of carbonyl (C=O) groups is 3. The van der Waals surface area contributed by atoms with Crippen molar-refractivity contribution in [2.45, 2.75) is 31.8 Å². The summed E-state index contributed by atoms with van der Waals surface area (Å²) in [4.78, 5) is 40.2. The lowest BCUT2D eigenvalue weighted by molar-refractivity contribution is -0.137. The molecule has 0 saturated carbocycles. The van der Waals surface area contributed by atoms with Crippen molar-refractivity contribution in [1.29, 1.82) is 0 Å². The minimum absolute atomic E-state index is 0.0247. The predicted octanol–water partition coefficient (Wildman–Crippen LogP) is 6.03. The summed E-state index contributed by atoms with van der Waals surface area (Å²) in [7, 11) is 0. The Labute approximate surface area is 232 Å². The first-order chi connectivity index (χ1) is 19.4. The van der Waals surface area contributed by atoms with Crippen LogP contribution >= 0.6 is 0 Å². The van der Waals surface area contributed by atoms with Gasteiger partial charge in [0.1, 0.15) is 5.82 Å². The molecule has 4 aromatic rings. The number of halogens is 1. The molecule has 0 saturated heterocycles. The molecule has 4 aromatic carbocycles. The van der Waals surface area contributed by atoms with E-state index < -0.39 is 11.8 Å². The van der Waals surface area contributed by atoms with E-state index in [-0.39, 0.29) is 37.4 Å². The van der Waals surface area contributed by atoms with Crippen LogP contribution in [0.15, 0.2) is 97.1 Å². The van der Waals surface area contributed by atoms with E-state index in [2.05, 4.69) is 11.4 Å². The summed E-state index contributed by atoms with van der Waals surface area (Å²) in [6.45, 7) is 0.0903. The van der Waals surface area contributed by atoms with Crippen molar-refractivity contribution in [3.63, 3.8) is 0 Å². The Bertz CT molecular complexity index is 1550. The molecule has 202 valence electrons. The van der Waals surface area contributed by atoms with Crippen molar-refractivity contribution in [2.24, 2.45) is 0 Å². The van der Waals surface area contributed by atoms with Gasteiger partial charge in [0.05, 0.1) is 12.5 Å². The lowest BCUT2D eigenvalue weighted by atomic mass is 9.94. The van der Waals surface area contributed by atoms with Crippen molar-refractivity contribution in [3.05, 3.63) is 131 Å². The van der Waals surface area contributed by atoms with E-state index in [9.17, 15) is 23.9 Å². The smallest absolute Gasteiger partial charge is 0.305 e. The fraction of sp³-hybridized carbons (Fsp3) is 0.182. The number of benzene rings is 4. The van der Waals surface area contributed by atoms with E-state index in [1.165, 1.54) is 22.6 Å². The van der Waals surface area contributed by atoms with E-state index in [4.69, 9.17) is 0 Å². The number of carboxylic acid groups (broad SMARTS) is 1. The van der Waals surface area contributed by atoms with Crippen molar-refractivity contribution >= 4 is 17.8 Å². The summed E-state index contributed by atoms with van der Waals surface area (Å²) in [6, 6.07) is 27.9. The SMILES string of the molecule is O=C(O)CCN(Cc1ccc(F)cc1)C(=O)c1ccccc1-c1ccccc1C(=O)NC1CCc2ccccc21. The summed E-state index contributed by atoms with van der Waals surface area (Å²) in [5, 5.41) is 12.5. The fourth-order valence-electron chi connectivity index (χ4n) is 5.23. The number of nitrogens with zero attached hydrogens (tertiary/aromatic N) is 1. The number of amides is 2. The molecule has 0 aromatic heterocycles. The van der Waals surface area contributed by atoms with Crippen LogP contribution in [0.4, 0.5) is 4.39 Å². The molecular formula is C33H29FN2O4. The molecule has 1 atom stereocenters. The number of carboxylic acids is 1. The van der Waals surface area contributed by atoms with Gasteiger partial charge in [0, 0.05) is 24.2 Å². The first kappa shape index (κ1) is 26.8. The predicted molar refractivity (Wildman–Crippen MR) is 150 cm³/mol. The highest BCUT2D eigenvalue weighted by molar-refractivity contribution is 6.06. The standard InChI is InChI=1S/C33H29FN2O4/c34-24-16-13-22(14-17-24)21-36(20-19-31(37)38)33(40)29-12-6-4-10-27(29)26-9-3-5-11-28(26)32(39)35-30-18-15-23-7-1-2-8-25(23)30/h1-14,16-17,30H,15,18-21H2,(H,35,39)(H,37,38). The number of carbonyl (C=O) groups excluding carboxylic acids is 2. The summed E-state index contributed by atoms with van der Waals surface area (Å²) < 4.78 is 13.5. The molecule has 6 nitrogen and oxygen atoms in total. The van der Waals surface area contributed by atoms with E-state index in [1.807, 2.05) is 30.3 Å². The van der Waals surface area contributed by atoms with Crippen LogP contribution in [0.1, 0.15) is 56.3 Å². The van der Waals surface area contributed by atoms with E-state index in [1.54, 1.807) is 48.5 Å². The Balaban J connectivity index is 1.45. The Morgan fingerprint density at radius 2 is 1.45 bits per heavy atom. The van der Waals surface area contributed by atoms with Crippen LogP contribution in [0.2, 0.25) is 0 Å². The second-order valence-corrected chi connectivity index (χ2v) is 9.85. The highest BCUT2D eigenvalue weighted by Gasteiger charge is 2.26. The van der Waals surface area contributed by atoms with Gasteiger partial charge in [0.2, 0.25) is 0 Å². The average molecular weight is 537 g/mol. The highest BCUT2D eigenvalue weighted by atomic mass is 19.1. The van der Waals surface area contributed by atoms with Gasteiger partial charge in [-0.05, 0) is 64.9 Å². The van der Waals surface area contributed by atoms with E-state index in [0.717, 1.165) is 18.4 Å². The molecule has 0 heterocycles. The van der Waals surface area contributed by atoms with Crippen LogP contribution in [-0.2, 0) is 17.8 Å². The van der Waals surface area contributed by atoms with Gasteiger partial charge in [-0.15, -0.1) is 0 Å². The summed E-state index contributed by atoms with van der Waals surface area (Å²) in [6.07, 6.45) is 1.49. The maximum atomic E-state index is 13.9. The topological polar surface area (TPSA) is 86.7 Å². The van der Waals surface area contributed by atoms with Crippen LogP contribution in [0, 0.1) is 5.82 Å². The monoisotopic (exact) mass is 536 g/mol. The van der Waals surface area contributed by atoms with Crippen molar-refractivity contribution in [3.8, 4) is 11.1 Å². The molecule has 1 unspecified atom stereocenters. The first-order valence-electron chi connectivity index (χ1n) is 13.2. The third-order valence-electron chi connectivity index (χ3n) is 7.23.